The van der Waals surface area contributed by atoms with E-state index in [0.717, 1.165) is 59.0 Å². The normalized spacial score (nSPS) is 16.5. The zero-order valence-electron chi connectivity index (χ0n) is 58.0. The number of benzene rings is 4. The molecule has 8 aromatic rings. The quantitative estimate of drug-likeness (QED) is 0.0849. The average Bonchev–Trinajstić information content (AvgIpc) is 1.59. The molecule has 4 aromatic heterocycles. The molecular weight excluding hydrogens is 1470 g/mol. The Morgan fingerprint density at radius 3 is 1.13 bits per heavy atom. The number of nitrogens with one attached hydrogen (secondary N) is 2. The van der Waals surface area contributed by atoms with Crippen LogP contribution in [-0.4, -0.2) is 120 Å². The number of hydrogen-bond donors (Lipinski definition) is 2. The summed E-state index contributed by atoms with van der Waals surface area (Å²) in [5.74, 6) is -15.3. The Morgan fingerprint density at radius 2 is 0.849 bits per heavy atom. The van der Waals surface area contributed by atoms with Crippen molar-refractivity contribution in [2.45, 2.75) is 153 Å². The molecule has 0 saturated carbocycles. The maximum absolute atomic E-state index is 16.0. The Hall–Kier alpha value is -10.4. The minimum absolute atomic E-state index is 0.265. The van der Waals surface area contributed by atoms with Crippen LogP contribution in [0.15, 0.2) is 118 Å². The number of pyridine rings is 2. The highest BCUT2D eigenvalue weighted by atomic mass is 32.2. The predicted molar refractivity (Wildman–Crippen MR) is 354 cm³/mol. The lowest BCUT2D eigenvalue weighted by molar-refractivity contribution is -0.275. The van der Waals surface area contributed by atoms with Crippen LogP contribution in [0.2, 0.25) is 0 Å². The predicted octanol–water partition coefficient (Wildman–Crippen LogP) is 14.1. The molecule has 1 unspecified atom stereocenters. The van der Waals surface area contributed by atoms with E-state index in [2.05, 4.69) is 50.5 Å². The molecule has 0 saturated heterocycles. The number of rotatable bonds is 16. The number of carbonyl (C=O) groups is 4. The van der Waals surface area contributed by atoms with E-state index in [1.54, 1.807) is 0 Å². The Bertz CT molecular complexity index is 4570. The van der Waals surface area contributed by atoms with Crippen molar-refractivity contribution >= 4 is 55.1 Å². The molecule has 0 aliphatic carbocycles. The number of fused-ring (bicyclic) bond motifs is 2. The third kappa shape index (κ3) is 18.6. The summed E-state index contributed by atoms with van der Waals surface area (Å²) in [5, 5.41) is 19.4. The molecule has 0 spiro atoms. The van der Waals surface area contributed by atoms with Crippen molar-refractivity contribution in [3.8, 4) is 56.9 Å². The van der Waals surface area contributed by atoms with Crippen LogP contribution in [0.4, 0.5) is 73.6 Å². The van der Waals surface area contributed by atoms with Crippen molar-refractivity contribution in [2.75, 3.05) is 22.3 Å². The molecule has 0 fully saturated rings. The van der Waals surface area contributed by atoms with Gasteiger partial charge in [-0.25, -0.2) is 52.8 Å². The second kappa shape index (κ2) is 28.8. The molecule has 2 atom stereocenters. The van der Waals surface area contributed by atoms with Crippen LogP contribution < -0.4 is 29.9 Å². The third-order valence-corrected chi connectivity index (χ3v) is 20.3. The van der Waals surface area contributed by atoms with Crippen LogP contribution in [-0.2, 0) is 73.2 Å². The smallest absolute Gasteiger partial charge is 0.444 e. The average molecular weight is 1540 g/mol. The summed E-state index contributed by atoms with van der Waals surface area (Å²) in [6.07, 6.45) is -11.0. The highest BCUT2D eigenvalue weighted by Gasteiger charge is 2.50. The number of carbonyl (C=O) groups excluding carboxylic acids is 4. The van der Waals surface area contributed by atoms with Crippen LogP contribution >= 0.6 is 0 Å². The molecule has 2 aliphatic heterocycles. The van der Waals surface area contributed by atoms with Crippen molar-refractivity contribution < 1.29 is 116 Å². The first kappa shape index (κ1) is 79.7. The van der Waals surface area contributed by atoms with Gasteiger partial charge in [-0.1, -0.05) is 48.5 Å². The van der Waals surface area contributed by atoms with Gasteiger partial charge in [0.05, 0.1) is 59.4 Å². The number of sulfone groups is 2. The van der Waals surface area contributed by atoms with E-state index in [1.165, 1.54) is 130 Å². The van der Waals surface area contributed by atoms with E-state index in [1.807, 2.05) is 0 Å². The molecule has 4 amide bonds. The SMILES string of the molecule is CC(C)(C)OC(=O)NC1CC(F)(F)c2cc(F)c(-c3nnc(C(C)(C)S(C)(=O)=O)o3)cc2N(Cc2ccc(-c3ccc(OC(F)(F)F)cn3)cc2)C1=O.CC(C)(C)OC(=O)N[C@@H]1CC(F)(F)c2cc(F)c(-c3nnc(C(C)(C)S(C)(=O)=O)o3)cc2N(Cc2ccc(-c3ccc(OC(F)(F)F)cn3)cc2)C1=O. The van der Waals surface area contributed by atoms with E-state index >= 15 is 26.3 Å². The summed E-state index contributed by atoms with van der Waals surface area (Å²) >= 11 is 0. The number of amides is 4. The van der Waals surface area contributed by atoms with Crippen molar-refractivity contribution in [1.82, 2.24) is 41.0 Å². The fraction of sp³-hybridized carbons (Fsp3) is 0.382. The van der Waals surface area contributed by atoms with Gasteiger partial charge in [0.1, 0.15) is 55.9 Å². The van der Waals surface area contributed by atoms with E-state index in [-0.39, 0.29) is 11.4 Å². The largest absolute Gasteiger partial charge is 0.573 e. The first-order chi connectivity index (χ1) is 48.7. The van der Waals surface area contributed by atoms with Crippen LogP contribution in [0.1, 0.15) is 116 Å². The Balaban J connectivity index is 0.000000245. The maximum Gasteiger partial charge on any atom is 0.573 e. The minimum atomic E-state index is -4.91. The number of alkyl carbamates (subject to hydrolysis) is 2. The zero-order chi connectivity index (χ0) is 78.6. The van der Waals surface area contributed by atoms with E-state index < -0.39 is 207 Å². The van der Waals surface area contributed by atoms with Gasteiger partial charge < -0.3 is 48.2 Å². The number of alkyl halides is 10. The zero-order valence-corrected chi connectivity index (χ0v) is 59.7. The highest BCUT2D eigenvalue weighted by Crippen LogP contribution is 2.48. The van der Waals surface area contributed by atoms with Gasteiger partial charge in [-0.05, 0) is 129 Å². The second-order valence-corrected chi connectivity index (χ2v) is 32.5. The molecular formula is C68H66F12N10O14S2. The topological polar surface area (TPSA) is 308 Å². The summed E-state index contributed by atoms with van der Waals surface area (Å²) in [7, 11) is -7.63. The molecule has 24 nitrogen and oxygen atoms in total. The van der Waals surface area contributed by atoms with Crippen molar-refractivity contribution in [2.24, 2.45) is 0 Å². The number of aromatic nitrogens is 6. The van der Waals surface area contributed by atoms with Gasteiger partial charge in [-0.3, -0.25) is 19.6 Å². The van der Waals surface area contributed by atoms with E-state index in [0.29, 0.717) is 34.4 Å². The monoisotopic (exact) mass is 1540 g/mol. The number of ether oxygens (including phenoxy) is 4. The molecule has 6 heterocycles. The standard InChI is InChI=1S/2C34H33F6N5O7S/c2*1-31(2,3)52-30(47)42-25-15-33(36,37)22-14-23(35)21(27-43-44-29(50-27)32(4,5)53(6,48)49)13-26(22)45(28(25)46)17-18-7-9-19(10-8-18)24-12-11-20(16-41-24)51-34(38,39)40/h2*7-14,16,25H,15,17H2,1-6H3,(H,42,47)/t25-;/m1./s1. The molecule has 38 heteroatoms. The number of hydrogen-bond acceptors (Lipinski definition) is 20. The van der Waals surface area contributed by atoms with Crippen molar-refractivity contribution in [3.05, 3.63) is 155 Å². The number of anilines is 2. The Kier molecular flexibility index (Phi) is 21.7. The van der Waals surface area contributed by atoms with Crippen LogP contribution in [0.5, 0.6) is 11.5 Å². The minimum Gasteiger partial charge on any atom is -0.444 e. The fourth-order valence-corrected chi connectivity index (χ4v) is 11.1. The van der Waals surface area contributed by atoms with E-state index in [9.17, 15) is 62.4 Å². The lowest BCUT2D eigenvalue weighted by atomic mass is 9.99. The Labute approximate surface area is 597 Å². The molecule has 2 N–H and O–H groups in total. The fourth-order valence-electron chi connectivity index (χ4n) is 10.3. The van der Waals surface area contributed by atoms with Gasteiger partial charge in [0.2, 0.25) is 23.6 Å². The van der Waals surface area contributed by atoms with Crippen molar-refractivity contribution in [3.63, 3.8) is 0 Å². The molecule has 4 aromatic carbocycles. The summed E-state index contributed by atoms with van der Waals surface area (Å²) < 4.78 is 246. The second-order valence-electron chi connectivity index (χ2n) is 27.4. The van der Waals surface area contributed by atoms with Gasteiger partial charge in [0.15, 0.2) is 19.7 Å². The number of nitrogens with zero attached hydrogens (tertiary/aromatic N) is 8. The molecule has 568 valence electrons. The van der Waals surface area contributed by atoms with Crippen LogP contribution in [0.25, 0.3) is 45.4 Å². The molecule has 0 radical (unpaired) electrons. The molecule has 10 rings (SSSR count). The molecule has 2 aliphatic rings. The summed E-state index contributed by atoms with van der Waals surface area (Å²) in [6.45, 7) is 13.5. The first-order valence-electron chi connectivity index (χ1n) is 31.4. The lowest BCUT2D eigenvalue weighted by Crippen LogP contribution is -2.49. The molecule has 0 bridgehead atoms. The molecule has 106 heavy (non-hydrogen) atoms. The number of halogens is 12. The van der Waals surface area contributed by atoms with Gasteiger partial charge >= 0.3 is 24.9 Å². The lowest BCUT2D eigenvalue weighted by Gasteiger charge is -2.27. The van der Waals surface area contributed by atoms with Gasteiger partial charge in [0.25, 0.3) is 23.6 Å². The Morgan fingerprint density at radius 1 is 0.519 bits per heavy atom. The summed E-state index contributed by atoms with van der Waals surface area (Å²) in [5.41, 5.74) is -3.75. The summed E-state index contributed by atoms with van der Waals surface area (Å²) in [6, 6.07) is 15.9. The first-order valence-corrected chi connectivity index (χ1v) is 35.2. The van der Waals surface area contributed by atoms with E-state index in [4.69, 9.17) is 18.3 Å². The maximum atomic E-state index is 16.0. The highest BCUT2D eigenvalue weighted by molar-refractivity contribution is 7.91. The van der Waals surface area contributed by atoms with Gasteiger partial charge in [0, 0.05) is 47.6 Å². The third-order valence-electron chi connectivity index (χ3n) is 16.3. The van der Waals surface area contributed by atoms with Crippen LogP contribution in [0, 0.1) is 11.6 Å². The van der Waals surface area contributed by atoms with Gasteiger partial charge in [-0.2, -0.15) is 0 Å². The van der Waals surface area contributed by atoms with Gasteiger partial charge in [-0.15, -0.1) is 46.7 Å². The van der Waals surface area contributed by atoms with Crippen molar-refractivity contribution in [1.29, 1.82) is 0 Å². The van der Waals surface area contributed by atoms with Crippen LogP contribution in [0.3, 0.4) is 0 Å². The summed E-state index contributed by atoms with van der Waals surface area (Å²) in [4.78, 5) is 63.4.